The summed E-state index contributed by atoms with van der Waals surface area (Å²) in [5, 5.41) is 6.23. The molecule has 3 aromatic rings. The number of imidazole rings is 1. The van der Waals surface area contributed by atoms with Gasteiger partial charge in [0.1, 0.15) is 22.4 Å². The summed E-state index contributed by atoms with van der Waals surface area (Å²) < 4.78 is 26.3. The van der Waals surface area contributed by atoms with Crippen LogP contribution in [0.15, 0.2) is 29.4 Å². The third kappa shape index (κ3) is 3.73. The summed E-state index contributed by atoms with van der Waals surface area (Å²) in [4.78, 5) is 13.5. The number of rotatable bonds is 6. The Morgan fingerprint density at radius 2 is 1.89 bits per heavy atom. The largest absolute Gasteiger partial charge is 0.373 e. The first-order chi connectivity index (χ1) is 12.8. The molecule has 0 aromatic carbocycles. The molecule has 27 heavy (non-hydrogen) atoms. The minimum Gasteiger partial charge on any atom is -0.373 e. The molecular weight excluding hydrogens is 364 g/mol. The van der Waals surface area contributed by atoms with Crippen molar-refractivity contribution in [1.29, 1.82) is 0 Å². The lowest BCUT2D eigenvalue weighted by Gasteiger charge is -2.06. The van der Waals surface area contributed by atoms with Gasteiger partial charge in [-0.15, -0.1) is 0 Å². The van der Waals surface area contributed by atoms with Crippen LogP contribution >= 0.6 is 0 Å². The number of sulfone groups is 1. The number of anilines is 2. The predicted molar refractivity (Wildman–Crippen MR) is 104 cm³/mol. The molecule has 1 aliphatic rings. The lowest BCUT2D eigenvalue weighted by molar-refractivity contribution is 0.602. The quantitative estimate of drug-likeness (QED) is 0.670. The van der Waals surface area contributed by atoms with E-state index in [0.717, 1.165) is 29.9 Å². The molecule has 0 amide bonds. The van der Waals surface area contributed by atoms with Crippen LogP contribution < -0.4 is 10.6 Å². The number of pyridine rings is 1. The van der Waals surface area contributed by atoms with E-state index in [2.05, 4.69) is 25.6 Å². The van der Waals surface area contributed by atoms with Crippen molar-refractivity contribution in [3.8, 4) is 0 Å². The fourth-order valence-electron chi connectivity index (χ4n) is 3.10. The lowest BCUT2D eigenvalue weighted by atomic mass is 10.2. The zero-order valence-corrected chi connectivity index (χ0v) is 16.3. The van der Waals surface area contributed by atoms with Gasteiger partial charge < -0.3 is 15.0 Å². The van der Waals surface area contributed by atoms with E-state index in [9.17, 15) is 8.42 Å². The minimum atomic E-state index is -3.36. The van der Waals surface area contributed by atoms with E-state index in [-0.39, 0.29) is 4.90 Å². The Labute approximate surface area is 158 Å². The van der Waals surface area contributed by atoms with Crippen molar-refractivity contribution in [2.75, 3.05) is 23.9 Å². The number of hydrogen-bond acceptors (Lipinski definition) is 7. The van der Waals surface area contributed by atoms with Gasteiger partial charge in [0, 0.05) is 31.8 Å². The van der Waals surface area contributed by atoms with E-state index < -0.39 is 9.84 Å². The van der Waals surface area contributed by atoms with E-state index in [1.54, 1.807) is 13.1 Å². The van der Waals surface area contributed by atoms with Crippen LogP contribution in [-0.2, 0) is 16.4 Å². The van der Waals surface area contributed by atoms with Crippen molar-refractivity contribution >= 4 is 27.1 Å². The van der Waals surface area contributed by atoms with Crippen LogP contribution in [0.3, 0.4) is 0 Å². The van der Waals surface area contributed by atoms with E-state index in [1.165, 1.54) is 6.26 Å². The first-order valence-corrected chi connectivity index (χ1v) is 10.7. The number of aryl methyl sites for hydroxylation is 1. The normalized spacial score (nSPS) is 14.5. The van der Waals surface area contributed by atoms with Gasteiger partial charge in [0.15, 0.2) is 15.5 Å². The molecule has 9 heteroatoms. The highest BCUT2D eigenvalue weighted by Gasteiger charge is 2.27. The van der Waals surface area contributed by atoms with Crippen LogP contribution in [0.25, 0.3) is 5.65 Å². The molecule has 0 unspecified atom stereocenters. The van der Waals surface area contributed by atoms with Crippen molar-refractivity contribution in [2.45, 2.75) is 37.1 Å². The van der Waals surface area contributed by atoms with Gasteiger partial charge in [-0.1, -0.05) is 0 Å². The minimum absolute atomic E-state index is 0.286. The topological polar surface area (TPSA) is 101 Å². The predicted octanol–water partition coefficient (Wildman–Crippen LogP) is 2.37. The maximum Gasteiger partial charge on any atom is 0.179 e. The Morgan fingerprint density at radius 3 is 2.56 bits per heavy atom. The van der Waals surface area contributed by atoms with Crippen LogP contribution in [0.2, 0.25) is 0 Å². The van der Waals surface area contributed by atoms with Crippen LogP contribution in [0.1, 0.15) is 35.8 Å². The van der Waals surface area contributed by atoms with Crippen LogP contribution in [0.5, 0.6) is 0 Å². The van der Waals surface area contributed by atoms with Crippen LogP contribution in [0.4, 0.5) is 11.6 Å². The molecule has 1 aliphatic carbocycles. The Balaban J connectivity index is 1.66. The third-order valence-electron chi connectivity index (χ3n) is 4.58. The molecule has 4 rings (SSSR count). The van der Waals surface area contributed by atoms with Crippen molar-refractivity contribution < 1.29 is 8.42 Å². The molecular formula is C18H22N6O2S. The second-order valence-electron chi connectivity index (χ2n) is 6.94. The van der Waals surface area contributed by atoms with E-state index in [1.807, 2.05) is 29.8 Å². The highest BCUT2D eigenvalue weighted by Crippen LogP contribution is 2.41. The zero-order valence-electron chi connectivity index (χ0n) is 15.5. The summed E-state index contributed by atoms with van der Waals surface area (Å²) in [6.45, 7) is 2.26. The van der Waals surface area contributed by atoms with Gasteiger partial charge in [-0.25, -0.2) is 23.4 Å². The van der Waals surface area contributed by atoms with Crippen LogP contribution in [0, 0.1) is 6.92 Å². The van der Waals surface area contributed by atoms with Gasteiger partial charge >= 0.3 is 0 Å². The molecule has 1 fully saturated rings. The van der Waals surface area contributed by atoms with Crippen molar-refractivity contribution in [1.82, 2.24) is 19.4 Å². The Kier molecular flexibility index (Phi) is 4.26. The average Bonchev–Trinajstić information content (AvgIpc) is 3.37. The summed E-state index contributed by atoms with van der Waals surface area (Å²) in [5.74, 6) is 2.54. The first kappa shape index (κ1) is 17.7. The number of nitrogens with one attached hydrogen (secondary N) is 2. The van der Waals surface area contributed by atoms with E-state index in [4.69, 9.17) is 0 Å². The SMILES string of the molecule is CNc1cc(NCc2cn3cc(C4CC4)cc(S(C)(=O)=O)c3n2)nc(C)n1. The van der Waals surface area contributed by atoms with Gasteiger partial charge in [-0.3, -0.25) is 0 Å². The average molecular weight is 386 g/mol. The molecule has 0 saturated heterocycles. The molecule has 0 bridgehead atoms. The Hall–Kier alpha value is -2.68. The van der Waals surface area contributed by atoms with Crippen LogP contribution in [-0.4, -0.2) is 41.1 Å². The van der Waals surface area contributed by atoms with Gasteiger partial charge in [0.2, 0.25) is 0 Å². The molecule has 0 radical (unpaired) electrons. The molecule has 1 saturated carbocycles. The van der Waals surface area contributed by atoms with E-state index in [0.29, 0.717) is 29.8 Å². The Morgan fingerprint density at radius 1 is 1.15 bits per heavy atom. The molecule has 0 spiro atoms. The molecule has 8 nitrogen and oxygen atoms in total. The summed E-state index contributed by atoms with van der Waals surface area (Å²) in [6, 6.07) is 3.59. The number of hydrogen-bond donors (Lipinski definition) is 2. The highest BCUT2D eigenvalue weighted by molar-refractivity contribution is 7.91. The smallest absolute Gasteiger partial charge is 0.179 e. The molecule has 3 heterocycles. The summed E-state index contributed by atoms with van der Waals surface area (Å²) >= 11 is 0. The monoisotopic (exact) mass is 386 g/mol. The molecule has 3 aromatic heterocycles. The van der Waals surface area contributed by atoms with Crippen molar-refractivity contribution in [2.24, 2.45) is 0 Å². The van der Waals surface area contributed by atoms with Gasteiger partial charge in [-0.2, -0.15) is 0 Å². The van der Waals surface area contributed by atoms with Crippen molar-refractivity contribution in [3.63, 3.8) is 0 Å². The number of aromatic nitrogens is 4. The first-order valence-electron chi connectivity index (χ1n) is 8.82. The summed E-state index contributed by atoms with van der Waals surface area (Å²) in [6.07, 6.45) is 7.31. The van der Waals surface area contributed by atoms with E-state index >= 15 is 0 Å². The maximum atomic E-state index is 12.2. The molecule has 142 valence electrons. The summed E-state index contributed by atoms with van der Waals surface area (Å²) in [5.41, 5.74) is 2.27. The fourth-order valence-corrected chi connectivity index (χ4v) is 3.94. The van der Waals surface area contributed by atoms with Gasteiger partial charge in [0.05, 0.1) is 12.2 Å². The standard InChI is InChI=1S/C18H22N6O2S/c1-11-21-16(19-2)7-17(22-11)20-8-14-10-24-9-13(12-4-5-12)6-15(18(24)23-14)27(3,25)26/h6-7,9-10,12H,4-5,8H2,1-3H3,(H2,19,20,21,22). The van der Waals surface area contributed by atoms with Gasteiger partial charge in [-0.05, 0) is 37.3 Å². The number of fused-ring (bicyclic) bond motifs is 1. The maximum absolute atomic E-state index is 12.2. The highest BCUT2D eigenvalue weighted by atomic mass is 32.2. The third-order valence-corrected chi connectivity index (χ3v) is 5.68. The number of nitrogens with zero attached hydrogens (tertiary/aromatic N) is 4. The molecule has 0 aliphatic heterocycles. The fraction of sp³-hybridized carbons (Fsp3) is 0.389. The Bertz CT molecular complexity index is 1120. The van der Waals surface area contributed by atoms with Gasteiger partial charge in [0.25, 0.3) is 0 Å². The summed E-state index contributed by atoms with van der Waals surface area (Å²) in [7, 11) is -1.56. The molecule has 2 N–H and O–H groups in total. The second-order valence-corrected chi connectivity index (χ2v) is 8.92. The second kappa shape index (κ2) is 6.49. The lowest BCUT2D eigenvalue weighted by Crippen LogP contribution is -2.05. The van der Waals surface area contributed by atoms with Crippen molar-refractivity contribution in [3.05, 3.63) is 41.6 Å². The molecule has 0 atom stereocenters. The zero-order chi connectivity index (χ0) is 19.2.